The molecule has 0 saturated heterocycles. The van der Waals surface area contributed by atoms with E-state index >= 15 is 0 Å². The van der Waals surface area contributed by atoms with E-state index in [2.05, 4.69) is 16.4 Å². The average molecular weight is 258 g/mol. The van der Waals surface area contributed by atoms with E-state index in [1.807, 2.05) is 37.3 Å². The number of pyridine rings is 1. The normalized spacial score (nSPS) is 11.6. The van der Waals surface area contributed by atoms with Gasteiger partial charge in [-0.15, -0.1) is 0 Å². The molecular formula is C14H12ClN3. The molecule has 0 fully saturated rings. The quantitative estimate of drug-likeness (QED) is 0.852. The lowest BCUT2D eigenvalue weighted by atomic mass is 10.1. The molecule has 0 spiro atoms. The molecule has 0 amide bonds. The van der Waals surface area contributed by atoms with Crippen molar-refractivity contribution < 1.29 is 0 Å². The summed E-state index contributed by atoms with van der Waals surface area (Å²) in [6.07, 6.45) is 1.65. The van der Waals surface area contributed by atoms with Crippen LogP contribution in [0.4, 0.5) is 5.69 Å². The number of rotatable bonds is 3. The highest BCUT2D eigenvalue weighted by Gasteiger charge is 2.08. The molecule has 0 aliphatic heterocycles. The van der Waals surface area contributed by atoms with Crippen molar-refractivity contribution in [3.05, 3.63) is 58.9 Å². The van der Waals surface area contributed by atoms with Crippen molar-refractivity contribution in [1.82, 2.24) is 4.98 Å². The molecule has 1 aromatic heterocycles. The zero-order chi connectivity index (χ0) is 13.0. The van der Waals surface area contributed by atoms with Gasteiger partial charge in [0.1, 0.15) is 0 Å². The van der Waals surface area contributed by atoms with Crippen molar-refractivity contribution in [2.75, 3.05) is 5.32 Å². The number of nitrogens with one attached hydrogen (secondary N) is 1. The van der Waals surface area contributed by atoms with Gasteiger partial charge in [-0.3, -0.25) is 0 Å². The van der Waals surface area contributed by atoms with Crippen LogP contribution < -0.4 is 5.32 Å². The molecule has 0 aliphatic rings. The predicted molar refractivity (Wildman–Crippen MR) is 72.4 cm³/mol. The smallest absolute Gasteiger partial charge is 0.152 e. The van der Waals surface area contributed by atoms with Gasteiger partial charge < -0.3 is 5.32 Å². The molecular weight excluding hydrogens is 246 g/mol. The SMILES string of the molecule is CC(Nc1cccnc1Cl)c1cccc(C#N)c1. The molecule has 1 unspecified atom stereocenters. The summed E-state index contributed by atoms with van der Waals surface area (Å²) < 4.78 is 0. The second-order valence-corrected chi connectivity index (χ2v) is 4.30. The fourth-order valence-electron chi connectivity index (χ4n) is 1.69. The summed E-state index contributed by atoms with van der Waals surface area (Å²) in [4.78, 5) is 4.01. The van der Waals surface area contributed by atoms with Gasteiger partial charge in [0.2, 0.25) is 0 Å². The number of aromatic nitrogens is 1. The van der Waals surface area contributed by atoms with E-state index in [0.717, 1.165) is 11.3 Å². The third-order valence-electron chi connectivity index (χ3n) is 2.65. The van der Waals surface area contributed by atoms with E-state index in [0.29, 0.717) is 10.7 Å². The van der Waals surface area contributed by atoms with E-state index in [-0.39, 0.29) is 6.04 Å². The maximum atomic E-state index is 8.88. The van der Waals surface area contributed by atoms with Gasteiger partial charge in [-0.05, 0) is 36.8 Å². The van der Waals surface area contributed by atoms with Crippen molar-refractivity contribution in [1.29, 1.82) is 5.26 Å². The van der Waals surface area contributed by atoms with E-state index < -0.39 is 0 Å². The molecule has 0 bridgehead atoms. The summed E-state index contributed by atoms with van der Waals surface area (Å²) in [6, 6.07) is 13.4. The van der Waals surface area contributed by atoms with E-state index in [4.69, 9.17) is 16.9 Å². The molecule has 1 heterocycles. The van der Waals surface area contributed by atoms with Gasteiger partial charge in [0, 0.05) is 12.2 Å². The van der Waals surface area contributed by atoms with E-state index in [1.54, 1.807) is 12.3 Å². The highest BCUT2D eigenvalue weighted by molar-refractivity contribution is 6.31. The van der Waals surface area contributed by atoms with Crippen LogP contribution in [0.1, 0.15) is 24.1 Å². The van der Waals surface area contributed by atoms with Crippen LogP contribution in [0.25, 0.3) is 0 Å². The topological polar surface area (TPSA) is 48.7 Å². The van der Waals surface area contributed by atoms with Crippen LogP contribution in [0.5, 0.6) is 0 Å². The molecule has 1 aromatic carbocycles. The number of nitrogens with zero attached hydrogens (tertiary/aromatic N) is 2. The number of halogens is 1. The van der Waals surface area contributed by atoms with Gasteiger partial charge in [0.15, 0.2) is 5.15 Å². The van der Waals surface area contributed by atoms with Crippen LogP contribution in [0.3, 0.4) is 0 Å². The molecule has 1 N–H and O–H groups in total. The number of anilines is 1. The van der Waals surface area contributed by atoms with Crippen molar-refractivity contribution >= 4 is 17.3 Å². The Hall–Kier alpha value is -2.05. The van der Waals surface area contributed by atoms with Gasteiger partial charge in [0.05, 0.1) is 17.3 Å². The minimum atomic E-state index is 0.0556. The van der Waals surface area contributed by atoms with Gasteiger partial charge >= 0.3 is 0 Å². The Morgan fingerprint density at radius 3 is 2.89 bits per heavy atom. The van der Waals surface area contributed by atoms with Crippen molar-refractivity contribution in [3.63, 3.8) is 0 Å². The fourth-order valence-corrected chi connectivity index (χ4v) is 1.86. The molecule has 1 atom stereocenters. The van der Waals surface area contributed by atoms with E-state index in [9.17, 15) is 0 Å². The number of hydrogen-bond acceptors (Lipinski definition) is 3. The Labute approximate surface area is 111 Å². The first-order valence-electron chi connectivity index (χ1n) is 5.58. The number of hydrogen-bond donors (Lipinski definition) is 1. The molecule has 0 aliphatic carbocycles. The number of nitriles is 1. The lowest BCUT2D eigenvalue weighted by Gasteiger charge is -2.16. The van der Waals surface area contributed by atoms with Gasteiger partial charge in [-0.25, -0.2) is 4.98 Å². The van der Waals surface area contributed by atoms with Crippen LogP contribution in [0.2, 0.25) is 5.15 Å². The van der Waals surface area contributed by atoms with Gasteiger partial charge in [-0.1, -0.05) is 23.7 Å². The summed E-state index contributed by atoms with van der Waals surface area (Å²) in [5, 5.41) is 12.6. The molecule has 4 heteroatoms. The minimum Gasteiger partial charge on any atom is -0.376 e. The second kappa shape index (κ2) is 5.52. The average Bonchev–Trinajstić information content (AvgIpc) is 2.41. The molecule has 2 aromatic rings. The first-order valence-corrected chi connectivity index (χ1v) is 5.95. The van der Waals surface area contributed by atoms with Crippen molar-refractivity contribution in [2.24, 2.45) is 0 Å². The molecule has 90 valence electrons. The molecule has 0 saturated carbocycles. The Balaban J connectivity index is 2.20. The molecule has 18 heavy (non-hydrogen) atoms. The first kappa shape index (κ1) is 12.4. The zero-order valence-electron chi connectivity index (χ0n) is 9.89. The maximum absolute atomic E-state index is 8.88. The summed E-state index contributed by atoms with van der Waals surface area (Å²) >= 11 is 5.99. The minimum absolute atomic E-state index is 0.0556. The standard InChI is InChI=1S/C14H12ClN3/c1-10(12-5-2-4-11(8-12)9-16)18-13-6-3-7-17-14(13)15/h2-8,10,18H,1H3. The van der Waals surface area contributed by atoms with Crippen LogP contribution in [0, 0.1) is 11.3 Å². The lowest BCUT2D eigenvalue weighted by molar-refractivity contribution is 0.882. The molecule has 2 rings (SSSR count). The fraction of sp³-hybridized carbons (Fsp3) is 0.143. The Morgan fingerprint density at radius 2 is 2.17 bits per heavy atom. The monoisotopic (exact) mass is 257 g/mol. The summed E-state index contributed by atoms with van der Waals surface area (Å²) in [6.45, 7) is 2.01. The Morgan fingerprint density at radius 1 is 1.33 bits per heavy atom. The highest BCUT2D eigenvalue weighted by atomic mass is 35.5. The number of benzene rings is 1. The zero-order valence-corrected chi connectivity index (χ0v) is 10.6. The van der Waals surface area contributed by atoms with E-state index in [1.165, 1.54) is 0 Å². The summed E-state index contributed by atoms with van der Waals surface area (Å²) in [7, 11) is 0. The largest absolute Gasteiger partial charge is 0.376 e. The maximum Gasteiger partial charge on any atom is 0.152 e. The van der Waals surface area contributed by atoms with Crippen LogP contribution in [-0.2, 0) is 0 Å². The molecule has 3 nitrogen and oxygen atoms in total. The van der Waals surface area contributed by atoms with Crippen molar-refractivity contribution in [3.8, 4) is 6.07 Å². The predicted octanol–water partition coefficient (Wildman–Crippen LogP) is 3.78. The van der Waals surface area contributed by atoms with Crippen LogP contribution in [0.15, 0.2) is 42.6 Å². The lowest BCUT2D eigenvalue weighted by Crippen LogP contribution is -2.07. The highest BCUT2D eigenvalue weighted by Crippen LogP contribution is 2.24. The van der Waals surface area contributed by atoms with Gasteiger partial charge in [0.25, 0.3) is 0 Å². The first-order chi connectivity index (χ1) is 8.70. The summed E-state index contributed by atoms with van der Waals surface area (Å²) in [5.74, 6) is 0. The Kier molecular flexibility index (Phi) is 3.81. The second-order valence-electron chi connectivity index (χ2n) is 3.95. The van der Waals surface area contributed by atoms with Crippen LogP contribution >= 0.6 is 11.6 Å². The van der Waals surface area contributed by atoms with Crippen molar-refractivity contribution in [2.45, 2.75) is 13.0 Å². The van der Waals surface area contributed by atoms with Crippen LogP contribution in [-0.4, -0.2) is 4.98 Å². The molecule has 0 radical (unpaired) electrons. The third kappa shape index (κ3) is 2.79. The Bertz CT molecular complexity index is 590. The summed E-state index contributed by atoms with van der Waals surface area (Å²) in [5.41, 5.74) is 2.47. The van der Waals surface area contributed by atoms with Gasteiger partial charge in [-0.2, -0.15) is 5.26 Å². The third-order valence-corrected chi connectivity index (χ3v) is 2.95.